The fourth-order valence-electron chi connectivity index (χ4n) is 2.85. The van der Waals surface area contributed by atoms with Crippen LogP contribution in [0.15, 0.2) is 60.2 Å². The Morgan fingerprint density at radius 1 is 1.17 bits per heavy atom. The van der Waals surface area contributed by atoms with Gasteiger partial charge in [0.1, 0.15) is 5.65 Å². The van der Waals surface area contributed by atoms with Crippen molar-refractivity contribution in [3.63, 3.8) is 0 Å². The molecule has 0 bridgehead atoms. The van der Waals surface area contributed by atoms with Crippen LogP contribution in [0.2, 0.25) is 0 Å². The molecule has 0 fully saturated rings. The Morgan fingerprint density at radius 2 is 2.00 bits per heavy atom. The van der Waals surface area contributed by atoms with Gasteiger partial charge in [-0.05, 0) is 19.1 Å². The number of nitrogens with zero attached hydrogens (tertiary/aromatic N) is 3. The topological polar surface area (TPSA) is 85.6 Å². The van der Waals surface area contributed by atoms with Gasteiger partial charge in [-0.25, -0.2) is 9.97 Å². The van der Waals surface area contributed by atoms with Gasteiger partial charge < -0.3 is 9.14 Å². The molecule has 0 atom stereocenters. The summed E-state index contributed by atoms with van der Waals surface area (Å²) in [7, 11) is 0. The molecule has 1 N–H and O–H groups in total. The molecule has 1 amide bonds. The Balaban J connectivity index is 1.49. The molecule has 4 rings (SSSR count). The summed E-state index contributed by atoms with van der Waals surface area (Å²) < 4.78 is 6.78. The van der Waals surface area contributed by atoms with E-state index < -0.39 is 0 Å². The van der Waals surface area contributed by atoms with Crippen molar-refractivity contribution >= 4 is 34.0 Å². The van der Waals surface area contributed by atoms with Gasteiger partial charge in [-0.3, -0.25) is 14.9 Å². The number of carbonyl (C=O) groups excluding carboxylic acids is 2. The van der Waals surface area contributed by atoms with E-state index in [1.54, 1.807) is 30.6 Å². The highest BCUT2D eigenvalue weighted by molar-refractivity contribution is 7.14. The number of rotatable bonds is 6. The molecule has 146 valence electrons. The van der Waals surface area contributed by atoms with Crippen LogP contribution in [0.4, 0.5) is 5.13 Å². The van der Waals surface area contributed by atoms with E-state index in [2.05, 4.69) is 15.3 Å². The van der Waals surface area contributed by atoms with Crippen LogP contribution in [0.5, 0.6) is 0 Å². The third-order valence-corrected chi connectivity index (χ3v) is 5.00. The fourth-order valence-corrected chi connectivity index (χ4v) is 3.55. The minimum absolute atomic E-state index is 0.0858. The van der Waals surface area contributed by atoms with E-state index in [0.29, 0.717) is 28.6 Å². The van der Waals surface area contributed by atoms with Gasteiger partial charge in [-0.2, -0.15) is 0 Å². The maximum absolute atomic E-state index is 12.6. The van der Waals surface area contributed by atoms with E-state index in [1.165, 1.54) is 11.3 Å². The molecule has 0 spiro atoms. The van der Waals surface area contributed by atoms with Crippen molar-refractivity contribution in [1.29, 1.82) is 0 Å². The number of anilines is 1. The molecule has 4 aromatic rings. The predicted octanol–water partition coefficient (Wildman–Crippen LogP) is 3.82. The summed E-state index contributed by atoms with van der Waals surface area (Å²) in [6.45, 7) is 2.08. The molecule has 0 aliphatic rings. The Kier molecular flexibility index (Phi) is 5.35. The summed E-state index contributed by atoms with van der Waals surface area (Å²) in [6, 6.07) is 13.3. The van der Waals surface area contributed by atoms with E-state index in [9.17, 15) is 9.59 Å². The smallest absolute Gasteiger partial charge is 0.311 e. The van der Waals surface area contributed by atoms with Gasteiger partial charge in [0.05, 0.1) is 24.4 Å². The number of hydrogen-bond donors (Lipinski definition) is 1. The molecule has 0 saturated carbocycles. The number of benzene rings is 1. The van der Waals surface area contributed by atoms with Crippen molar-refractivity contribution < 1.29 is 14.3 Å². The minimum Gasteiger partial charge on any atom is -0.466 e. The number of esters is 1. The van der Waals surface area contributed by atoms with Crippen molar-refractivity contribution in [3.8, 4) is 11.3 Å². The van der Waals surface area contributed by atoms with Crippen LogP contribution >= 0.6 is 11.3 Å². The lowest BCUT2D eigenvalue weighted by Gasteiger charge is -2.02. The zero-order valence-corrected chi connectivity index (χ0v) is 16.5. The van der Waals surface area contributed by atoms with Crippen LogP contribution in [-0.2, 0) is 16.0 Å². The number of nitrogens with one attached hydrogen (secondary N) is 1. The third-order valence-electron chi connectivity index (χ3n) is 4.19. The zero-order chi connectivity index (χ0) is 20.2. The van der Waals surface area contributed by atoms with Gasteiger partial charge in [0, 0.05) is 28.9 Å². The van der Waals surface area contributed by atoms with E-state index >= 15 is 0 Å². The first-order chi connectivity index (χ1) is 14.1. The largest absolute Gasteiger partial charge is 0.466 e. The van der Waals surface area contributed by atoms with Crippen LogP contribution in [-0.4, -0.2) is 32.9 Å². The molecule has 0 radical (unpaired) electrons. The van der Waals surface area contributed by atoms with Crippen LogP contribution < -0.4 is 5.32 Å². The average Bonchev–Trinajstić information content (AvgIpc) is 3.34. The summed E-state index contributed by atoms with van der Waals surface area (Å²) in [6.07, 6.45) is 3.81. The van der Waals surface area contributed by atoms with Gasteiger partial charge in [0.2, 0.25) is 0 Å². The molecular formula is C21H18N4O3S. The standard InChI is InChI=1S/C21H18N4O3S/c1-2-28-19(26)11-16-13-29-21(22-16)24-20(27)15-8-9-25-12-17(23-18(25)10-15)14-6-4-3-5-7-14/h3-10,12-13H,2,11H2,1H3,(H,22,24,27). The number of thiazole rings is 1. The SMILES string of the molecule is CCOC(=O)Cc1csc(NC(=O)c2ccn3cc(-c4ccccc4)nc3c2)n1. The molecule has 0 unspecified atom stereocenters. The van der Waals surface area contributed by atoms with Crippen LogP contribution in [0, 0.1) is 0 Å². The first-order valence-electron chi connectivity index (χ1n) is 9.08. The van der Waals surface area contributed by atoms with E-state index in [0.717, 1.165) is 11.3 Å². The number of aromatic nitrogens is 3. The molecule has 0 aliphatic heterocycles. The number of hydrogen-bond acceptors (Lipinski definition) is 6. The molecule has 1 aromatic carbocycles. The maximum atomic E-state index is 12.6. The second-order valence-electron chi connectivity index (χ2n) is 6.25. The zero-order valence-electron chi connectivity index (χ0n) is 15.7. The highest BCUT2D eigenvalue weighted by Gasteiger charge is 2.13. The van der Waals surface area contributed by atoms with E-state index in [-0.39, 0.29) is 18.3 Å². The molecule has 7 nitrogen and oxygen atoms in total. The minimum atomic E-state index is -0.338. The third kappa shape index (κ3) is 4.33. The second-order valence-corrected chi connectivity index (χ2v) is 7.11. The molecule has 29 heavy (non-hydrogen) atoms. The highest BCUT2D eigenvalue weighted by Crippen LogP contribution is 2.21. The summed E-state index contributed by atoms with van der Waals surface area (Å²) in [4.78, 5) is 33.0. The summed E-state index contributed by atoms with van der Waals surface area (Å²) in [5.41, 5.74) is 3.58. The lowest BCUT2D eigenvalue weighted by molar-refractivity contribution is -0.142. The normalized spacial score (nSPS) is 10.8. The first kappa shape index (κ1) is 18.8. The molecule has 3 aromatic heterocycles. The van der Waals surface area contributed by atoms with Crippen molar-refractivity contribution in [1.82, 2.24) is 14.4 Å². The van der Waals surface area contributed by atoms with Gasteiger partial charge >= 0.3 is 5.97 Å². The number of pyridine rings is 1. The van der Waals surface area contributed by atoms with Crippen molar-refractivity contribution in [2.45, 2.75) is 13.3 Å². The molecule has 0 saturated heterocycles. The van der Waals surface area contributed by atoms with Gasteiger partial charge in [-0.15, -0.1) is 11.3 Å². The van der Waals surface area contributed by atoms with Crippen molar-refractivity contribution in [3.05, 3.63) is 71.5 Å². The van der Waals surface area contributed by atoms with E-state index in [1.807, 2.05) is 40.9 Å². The Labute approximate surface area is 171 Å². The van der Waals surface area contributed by atoms with Crippen LogP contribution in [0.3, 0.4) is 0 Å². The quantitative estimate of drug-likeness (QED) is 0.492. The average molecular weight is 406 g/mol. The lowest BCUT2D eigenvalue weighted by Crippen LogP contribution is -2.12. The molecule has 0 aliphatic carbocycles. The molecular weight excluding hydrogens is 388 g/mol. The Morgan fingerprint density at radius 3 is 2.79 bits per heavy atom. The highest BCUT2D eigenvalue weighted by atomic mass is 32.1. The van der Waals surface area contributed by atoms with Gasteiger partial charge in [0.15, 0.2) is 5.13 Å². The first-order valence-corrected chi connectivity index (χ1v) is 9.96. The van der Waals surface area contributed by atoms with Gasteiger partial charge in [-0.1, -0.05) is 30.3 Å². The van der Waals surface area contributed by atoms with Crippen LogP contribution in [0.25, 0.3) is 16.9 Å². The molecule has 8 heteroatoms. The van der Waals surface area contributed by atoms with Crippen molar-refractivity contribution in [2.24, 2.45) is 0 Å². The van der Waals surface area contributed by atoms with Crippen molar-refractivity contribution in [2.75, 3.05) is 11.9 Å². The number of imidazole rings is 1. The summed E-state index contributed by atoms with van der Waals surface area (Å²) in [5.74, 6) is -0.622. The Hall–Kier alpha value is -3.52. The number of ether oxygens (including phenoxy) is 1. The van der Waals surface area contributed by atoms with E-state index in [4.69, 9.17) is 4.74 Å². The summed E-state index contributed by atoms with van der Waals surface area (Å²) in [5, 5.41) is 4.93. The number of amides is 1. The molecule has 3 heterocycles. The lowest BCUT2D eigenvalue weighted by atomic mass is 10.2. The predicted molar refractivity (Wildman–Crippen MR) is 111 cm³/mol. The monoisotopic (exact) mass is 406 g/mol. The maximum Gasteiger partial charge on any atom is 0.311 e. The number of fused-ring (bicyclic) bond motifs is 1. The summed E-state index contributed by atoms with van der Waals surface area (Å²) >= 11 is 1.27. The second kappa shape index (κ2) is 8.24. The van der Waals surface area contributed by atoms with Crippen LogP contribution in [0.1, 0.15) is 23.0 Å². The van der Waals surface area contributed by atoms with Gasteiger partial charge in [0.25, 0.3) is 5.91 Å². The Bertz CT molecular complexity index is 1170. The fraction of sp³-hybridized carbons (Fsp3) is 0.143. The number of carbonyl (C=O) groups is 2.